The molecule has 45 heavy (non-hydrogen) atoms. The van der Waals surface area contributed by atoms with E-state index >= 15 is 0 Å². The van der Waals surface area contributed by atoms with Gasteiger partial charge in [-0.1, -0.05) is 52.5 Å². The maximum atomic E-state index is 13.2. The van der Waals surface area contributed by atoms with Crippen molar-refractivity contribution < 1.29 is 52.2 Å². The predicted octanol–water partition coefficient (Wildman–Crippen LogP) is 0.806. The van der Waals surface area contributed by atoms with Crippen LogP contribution in [0.25, 0.3) is 0 Å². The molecule has 0 bridgehead atoms. The van der Waals surface area contributed by atoms with Gasteiger partial charge in [-0.05, 0) is 16.0 Å². The zero-order chi connectivity index (χ0) is 33.1. The van der Waals surface area contributed by atoms with Crippen LogP contribution in [0.15, 0.2) is 34.2 Å². The molecule has 2 aliphatic rings. The van der Waals surface area contributed by atoms with Gasteiger partial charge < -0.3 is 20.4 Å². The zero-order valence-corrected chi connectivity index (χ0v) is 25.2. The lowest BCUT2D eigenvalue weighted by Gasteiger charge is -2.49. The van der Waals surface area contributed by atoms with E-state index in [4.69, 9.17) is 21.5 Å². The molecule has 2 aromatic heterocycles. The van der Waals surface area contributed by atoms with E-state index in [1.54, 1.807) is 0 Å². The number of carbonyl (C=O) groups is 5. The monoisotopic (exact) mass is 711 g/mol. The molecule has 2 aromatic rings. The Morgan fingerprint density at radius 1 is 1.29 bits per heavy atom. The van der Waals surface area contributed by atoms with Crippen LogP contribution in [0.2, 0.25) is 4.34 Å². The normalized spacial score (nSPS) is 18.2. The summed E-state index contributed by atoms with van der Waals surface area (Å²) in [7, 11) is 0. The van der Waals surface area contributed by atoms with Crippen LogP contribution in [0.4, 0.5) is 18.3 Å². The van der Waals surface area contributed by atoms with E-state index in [0.717, 1.165) is 33.1 Å². The number of thiazole rings is 1. The van der Waals surface area contributed by atoms with E-state index < -0.39 is 70.3 Å². The number of nitrogens with zero attached hydrogens (tertiary/aromatic N) is 7. The maximum Gasteiger partial charge on any atom is 0.471 e. The van der Waals surface area contributed by atoms with Crippen LogP contribution in [0, 0.1) is 0 Å². The highest BCUT2D eigenvalue weighted by atomic mass is 35.5. The first-order valence-corrected chi connectivity index (χ1v) is 15.1. The fourth-order valence-corrected chi connectivity index (χ4v) is 7.10. The molecular weight excluding hydrogens is 695 g/mol. The molecule has 240 valence electrons. The Morgan fingerprint density at radius 2 is 2.02 bits per heavy atom. The fourth-order valence-electron chi connectivity index (χ4n) is 3.70. The van der Waals surface area contributed by atoms with E-state index in [-0.39, 0.29) is 33.3 Å². The summed E-state index contributed by atoms with van der Waals surface area (Å²) in [5, 5.41) is 35.7. The number of carboxylic acid groups (broad SMARTS) is 2. The molecule has 4 heterocycles. The number of hydrogen-bond donors (Lipinski definition) is 4. The molecule has 17 nitrogen and oxygen atoms in total. The summed E-state index contributed by atoms with van der Waals surface area (Å²) in [6, 6.07) is -1.26. The lowest BCUT2D eigenvalue weighted by Crippen LogP contribution is -2.71. The molecule has 0 saturated carbocycles. The summed E-state index contributed by atoms with van der Waals surface area (Å²) < 4.78 is 38.7. The second kappa shape index (κ2) is 13.8. The molecule has 0 aliphatic carbocycles. The number of aromatic nitrogens is 5. The lowest BCUT2D eigenvalue weighted by molar-refractivity contribution is -0.167. The standard InChI is InChI=1S/C21H17ClF3N9O8S3/c1-2-3-42-30-10(9-13(22)45-19(27-9)28-18(41)21(23,24)25)14(37)26-11-15(38)34-12(17(39)40)7(5-43-16(11)34)6-44-20-29-31-32-33(20)4-8(35)36/h2,11,16H,1,3-6H2,(H,26,37)(H,35,36)(H,39,40)(H,27,28,41)/b30-10-/t11?,16-/m1/s1. The Hall–Kier alpha value is -4.22. The number of carbonyl (C=O) groups excluding carboxylic acids is 3. The third-order valence-corrected chi connectivity index (χ3v) is 9.10. The number of oxime groups is 1. The highest BCUT2D eigenvalue weighted by molar-refractivity contribution is 8.01. The number of hydrogen-bond acceptors (Lipinski definition) is 14. The smallest absolute Gasteiger partial charge is 0.471 e. The van der Waals surface area contributed by atoms with E-state index in [1.807, 2.05) is 0 Å². The van der Waals surface area contributed by atoms with Crippen LogP contribution in [0.5, 0.6) is 0 Å². The molecule has 0 radical (unpaired) electrons. The largest absolute Gasteiger partial charge is 0.480 e. The molecule has 1 fully saturated rings. The van der Waals surface area contributed by atoms with Gasteiger partial charge in [-0.15, -0.1) is 16.9 Å². The molecule has 2 atom stereocenters. The van der Waals surface area contributed by atoms with Crippen molar-refractivity contribution in [3.05, 3.63) is 34.0 Å². The average Bonchev–Trinajstić information content (AvgIpc) is 3.56. The van der Waals surface area contributed by atoms with E-state index in [1.165, 1.54) is 11.4 Å². The van der Waals surface area contributed by atoms with Gasteiger partial charge in [0.25, 0.3) is 11.8 Å². The summed E-state index contributed by atoms with van der Waals surface area (Å²) in [6.07, 6.45) is -3.96. The minimum Gasteiger partial charge on any atom is -0.480 e. The van der Waals surface area contributed by atoms with Crippen molar-refractivity contribution in [2.75, 3.05) is 23.4 Å². The Morgan fingerprint density at radius 3 is 2.67 bits per heavy atom. The number of halogens is 4. The van der Waals surface area contributed by atoms with Crippen molar-refractivity contribution in [3.8, 4) is 0 Å². The Labute approximate surface area is 265 Å². The lowest BCUT2D eigenvalue weighted by atomic mass is 10.0. The summed E-state index contributed by atoms with van der Waals surface area (Å²) in [5.74, 6) is -6.76. The number of amides is 3. The van der Waals surface area contributed by atoms with Gasteiger partial charge in [-0.3, -0.25) is 29.4 Å². The predicted molar refractivity (Wildman–Crippen MR) is 150 cm³/mol. The molecular formula is C21H17ClF3N9O8S3. The summed E-state index contributed by atoms with van der Waals surface area (Å²) in [6.45, 7) is 2.69. The van der Waals surface area contributed by atoms with Gasteiger partial charge in [0, 0.05) is 11.5 Å². The van der Waals surface area contributed by atoms with Crippen molar-refractivity contribution in [1.82, 2.24) is 35.4 Å². The zero-order valence-electron chi connectivity index (χ0n) is 22.0. The Balaban J connectivity index is 1.51. The number of carboxylic acids is 2. The molecule has 0 aromatic carbocycles. The van der Waals surface area contributed by atoms with Crippen LogP contribution < -0.4 is 10.6 Å². The quantitative estimate of drug-likeness (QED) is 0.0563. The average molecular weight is 712 g/mol. The molecule has 3 amide bonds. The number of anilines is 1. The van der Waals surface area contributed by atoms with Gasteiger partial charge in [0.1, 0.15) is 40.3 Å². The third kappa shape index (κ3) is 7.54. The van der Waals surface area contributed by atoms with Crippen LogP contribution in [-0.4, -0.2) is 111 Å². The second-order valence-corrected chi connectivity index (χ2v) is 12.2. The van der Waals surface area contributed by atoms with Crippen LogP contribution in [-0.2, 0) is 35.4 Å². The van der Waals surface area contributed by atoms with Gasteiger partial charge >= 0.3 is 24.0 Å². The van der Waals surface area contributed by atoms with Crippen molar-refractivity contribution >= 4 is 87.0 Å². The minimum absolute atomic E-state index is 0.00483. The number of fused-ring (bicyclic) bond motifs is 1. The molecule has 2 aliphatic heterocycles. The van der Waals surface area contributed by atoms with Gasteiger partial charge in [0.05, 0.1) is 0 Å². The summed E-state index contributed by atoms with van der Waals surface area (Å²) in [4.78, 5) is 70.5. The maximum absolute atomic E-state index is 13.2. The van der Waals surface area contributed by atoms with Crippen molar-refractivity contribution in [2.24, 2.45) is 5.16 Å². The number of aliphatic carboxylic acids is 2. The van der Waals surface area contributed by atoms with E-state index in [0.29, 0.717) is 16.9 Å². The first kappa shape index (κ1) is 33.7. The van der Waals surface area contributed by atoms with Crippen molar-refractivity contribution in [1.29, 1.82) is 0 Å². The summed E-state index contributed by atoms with van der Waals surface area (Å²) in [5.41, 5.74) is -1.14. The third-order valence-electron chi connectivity index (χ3n) is 5.55. The summed E-state index contributed by atoms with van der Waals surface area (Å²) >= 11 is 8.56. The van der Waals surface area contributed by atoms with E-state index in [2.05, 4.69) is 37.6 Å². The fraction of sp³-hybridized carbons (Fsp3) is 0.333. The number of rotatable bonds is 13. The first-order chi connectivity index (χ1) is 21.2. The number of β-lactam (4-membered cyclic amide) rings is 1. The molecule has 4 N–H and O–H groups in total. The minimum atomic E-state index is -5.23. The Kier molecular flexibility index (Phi) is 10.3. The molecule has 0 spiro atoms. The number of alkyl halides is 3. The van der Waals surface area contributed by atoms with Gasteiger partial charge in [0.2, 0.25) is 5.16 Å². The van der Waals surface area contributed by atoms with Crippen molar-refractivity contribution in [2.45, 2.75) is 29.3 Å². The van der Waals surface area contributed by atoms with Crippen LogP contribution in [0.3, 0.4) is 0 Å². The molecule has 4 rings (SSSR count). The van der Waals surface area contributed by atoms with Gasteiger partial charge in [0.15, 0.2) is 10.8 Å². The SMILES string of the molecule is C=CCO/N=C(\C(=O)NC1C(=O)N2C(C(=O)O)=C(CSc3nnnn3CC(=O)O)CS[C@H]12)c1nc(NC(=O)C(F)(F)F)sc1Cl. The van der Waals surface area contributed by atoms with Crippen LogP contribution >= 0.6 is 46.5 Å². The molecule has 1 saturated heterocycles. The molecule has 1 unspecified atom stereocenters. The van der Waals surface area contributed by atoms with Gasteiger partial charge in [-0.2, -0.15) is 13.2 Å². The number of tetrazole rings is 1. The highest BCUT2D eigenvalue weighted by Gasteiger charge is 2.54. The topological polar surface area (TPSA) is 231 Å². The highest BCUT2D eigenvalue weighted by Crippen LogP contribution is 2.41. The number of nitrogens with one attached hydrogen (secondary N) is 2. The van der Waals surface area contributed by atoms with Crippen molar-refractivity contribution in [3.63, 3.8) is 0 Å². The van der Waals surface area contributed by atoms with E-state index in [9.17, 15) is 42.3 Å². The Bertz CT molecular complexity index is 1630. The second-order valence-electron chi connectivity index (χ2n) is 8.54. The number of thioether (sulfide) groups is 2. The first-order valence-electron chi connectivity index (χ1n) is 11.9. The van der Waals surface area contributed by atoms with Crippen LogP contribution in [0.1, 0.15) is 5.69 Å². The molecule has 24 heteroatoms. The van der Waals surface area contributed by atoms with Gasteiger partial charge in [-0.25, -0.2) is 14.5 Å².